The van der Waals surface area contributed by atoms with E-state index in [0.717, 1.165) is 5.56 Å². The van der Waals surface area contributed by atoms with E-state index < -0.39 is 0 Å². The van der Waals surface area contributed by atoms with Gasteiger partial charge in [0, 0.05) is 6.04 Å². The minimum Gasteiger partial charge on any atom is -0.379 e. The highest BCUT2D eigenvalue weighted by molar-refractivity contribution is 5.80. The zero-order valence-electron chi connectivity index (χ0n) is 9.93. The van der Waals surface area contributed by atoms with Crippen molar-refractivity contribution in [3.63, 3.8) is 0 Å². The van der Waals surface area contributed by atoms with E-state index in [9.17, 15) is 4.79 Å². The molecule has 1 fully saturated rings. The molecular weight excluding hydrogens is 216 g/mol. The Kier molecular flexibility index (Phi) is 3.76. The molecule has 1 aliphatic heterocycles. The molecule has 0 spiro atoms. The largest absolute Gasteiger partial charge is 0.379 e. The monoisotopic (exact) mass is 234 g/mol. The topological polar surface area (TPSA) is 64.3 Å². The molecule has 2 unspecified atom stereocenters. The summed E-state index contributed by atoms with van der Waals surface area (Å²) in [5.41, 5.74) is 6.90. The van der Waals surface area contributed by atoms with Crippen LogP contribution < -0.4 is 11.1 Å². The van der Waals surface area contributed by atoms with Crippen LogP contribution in [0.4, 0.5) is 0 Å². The summed E-state index contributed by atoms with van der Waals surface area (Å²) in [6.45, 7) is 2.86. The number of amides is 1. The number of hydrogen-bond acceptors (Lipinski definition) is 3. The lowest BCUT2D eigenvalue weighted by atomic mass is 10.0. The van der Waals surface area contributed by atoms with Crippen LogP contribution >= 0.6 is 0 Å². The highest BCUT2D eigenvalue weighted by Crippen LogP contribution is 2.16. The quantitative estimate of drug-likeness (QED) is 0.814. The zero-order chi connectivity index (χ0) is 12.3. The highest BCUT2D eigenvalue weighted by Gasteiger charge is 2.31. The first kappa shape index (κ1) is 12.1. The highest BCUT2D eigenvalue weighted by atomic mass is 16.5. The first-order valence-corrected chi connectivity index (χ1v) is 5.87. The molecule has 17 heavy (non-hydrogen) atoms. The lowest BCUT2D eigenvalue weighted by molar-refractivity contribution is -0.125. The van der Waals surface area contributed by atoms with E-state index in [1.807, 2.05) is 37.3 Å². The van der Waals surface area contributed by atoms with Crippen LogP contribution in [0.2, 0.25) is 0 Å². The molecule has 92 valence electrons. The van der Waals surface area contributed by atoms with Gasteiger partial charge in [0.25, 0.3) is 0 Å². The minimum absolute atomic E-state index is 0.00324. The minimum atomic E-state index is -0.221. The van der Waals surface area contributed by atoms with E-state index >= 15 is 0 Å². The van der Waals surface area contributed by atoms with Crippen molar-refractivity contribution < 1.29 is 9.53 Å². The van der Waals surface area contributed by atoms with Gasteiger partial charge in [0.2, 0.25) is 5.91 Å². The van der Waals surface area contributed by atoms with Crippen molar-refractivity contribution in [3.05, 3.63) is 35.9 Å². The van der Waals surface area contributed by atoms with Gasteiger partial charge in [-0.3, -0.25) is 4.79 Å². The average molecular weight is 234 g/mol. The van der Waals surface area contributed by atoms with Gasteiger partial charge in [-0.25, -0.2) is 0 Å². The van der Waals surface area contributed by atoms with E-state index in [1.54, 1.807) is 0 Å². The van der Waals surface area contributed by atoms with E-state index in [0.29, 0.717) is 13.2 Å². The zero-order valence-corrected chi connectivity index (χ0v) is 9.93. The number of carbonyl (C=O) groups excluding carboxylic acids is 1. The molecule has 1 amide bonds. The molecule has 1 heterocycles. The van der Waals surface area contributed by atoms with Gasteiger partial charge in [-0.05, 0) is 12.5 Å². The predicted molar refractivity (Wildman–Crippen MR) is 65.3 cm³/mol. The molecule has 0 bridgehead atoms. The van der Waals surface area contributed by atoms with Gasteiger partial charge in [-0.15, -0.1) is 0 Å². The molecule has 1 aliphatic rings. The second-order valence-corrected chi connectivity index (χ2v) is 4.45. The van der Waals surface area contributed by atoms with E-state index in [-0.39, 0.29) is 23.9 Å². The second kappa shape index (κ2) is 5.29. The van der Waals surface area contributed by atoms with Crippen LogP contribution in [0.1, 0.15) is 18.5 Å². The van der Waals surface area contributed by atoms with Gasteiger partial charge in [-0.2, -0.15) is 0 Å². The predicted octanol–water partition coefficient (Wildman–Crippen LogP) is 0.838. The summed E-state index contributed by atoms with van der Waals surface area (Å²) in [5, 5.41) is 2.97. The van der Waals surface area contributed by atoms with Gasteiger partial charge in [0.15, 0.2) is 0 Å². The van der Waals surface area contributed by atoms with Crippen LogP contribution in [0, 0.1) is 5.92 Å². The van der Waals surface area contributed by atoms with Crippen molar-refractivity contribution in [2.24, 2.45) is 11.7 Å². The van der Waals surface area contributed by atoms with E-state index in [2.05, 4.69) is 5.32 Å². The fourth-order valence-corrected chi connectivity index (χ4v) is 1.99. The Morgan fingerprint density at radius 3 is 2.71 bits per heavy atom. The third kappa shape index (κ3) is 2.84. The van der Waals surface area contributed by atoms with E-state index in [1.165, 1.54) is 0 Å². The average Bonchev–Trinajstić information content (AvgIpc) is 2.76. The molecule has 2 rings (SSSR count). The summed E-state index contributed by atoms with van der Waals surface area (Å²) >= 11 is 0. The second-order valence-electron chi connectivity index (χ2n) is 4.45. The molecule has 1 saturated heterocycles. The summed E-state index contributed by atoms with van der Waals surface area (Å²) < 4.78 is 5.19. The summed E-state index contributed by atoms with van der Waals surface area (Å²) in [6, 6.07) is 9.68. The molecule has 1 aromatic carbocycles. The molecular formula is C13H18N2O2. The van der Waals surface area contributed by atoms with Crippen LogP contribution in [0.25, 0.3) is 0 Å². The van der Waals surface area contributed by atoms with Crippen molar-refractivity contribution in [1.29, 1.82) is 0 Å². The van der Waals surface area contributed by atoms with Crippen molar-refractivity contribution in [1.82, 2.24) is 5.32 Å². The smallest absolute Gasteiger partial charge is 0.227 e. The first-order chi connectivity index (χ1) is 8.18. The molecule has 1 aromatic rings. The summed E-state index contributed by atoms with van der Waals surface area (Å²) in [6.07, 6.45) is 0. The van der Waals surface area contributed by atoms with Crippen LogP contribution in [0.3, 0.4) is 0 Å². The van der Waals surface area contributed by atoms with Crippen molar-refractivity contribution in [3.8, 4) is 0 Å². The van der Waals surface area contributed by atoms with Crippen molar-refractivity contribution in [2.45, 2.75) is 19.0 Å². The Bertz CT molecular complexity index is 380. The number of rotatable bonds is 3. The van der Waals surface area contributed by atoms with Crippen LogP contribution in [0.15, 0.2) is 30.3 Å². The number of hydrogen-bond donors (Lipinski definition) is 2. The molecule has 3 atom stereocenters. The molecule has 0 aromatic heterocycles. The maximum Gasteiger partial charge on any atom is 0.227 e. The van der Waals surface area contributed by atoms with Crippen LogP contribution in [0.5, 0.6) is 0 Å². The fourth-order valence-electron chi connectivity index (χ4n) is 1.99. The first-order valence-electron chi connectivity index (χ1n) is 5.87. The molecule has 0 radical (unpaired) electrons. The lowest BCUT2D eigenvalue weighted by Crippen LogP contribution is -2.41. The standard InChI is InChI=1S/C13H18N2O2/c1-9(10-5-3-2-4-6-10)15-13(16)11-7-17-8-12(11)14/h2-6,9,11-12H,7-8,14H2,1H3,(H,15,16)/t9-,11?,12?/m0/s1. The van der Waals surface area contributed by atoms with Gasteiger partial charge >= 0.3 is 0 Å². The normalized spacial score (nSPS) is 25.5. The van der Waals surface area contributed by atoms with Crippen molar-refractivity contribution >= 4 is 5.91 Å². The number of carbonyl (C=O) groups is 1. The SMILES string of the molecule is C[C@H](NC(=O)C1COCC1N)c1ccccc1. The summed E-state index contributed by atoms with van der Waals surface area (Å²) in [4.78, 5) is 12.0. The van der Waals surface area contributed by atoms with Crippen molar-refractivity contribution in [2.75, 3.05) is 13.2 Å². The van der Waals surface area contributed by atoms with E-state index in [4.69, 9.17) is 10.5 Å². The number of ether oxygens (including phenoxy) is 1. The molecule has 3 N–H and O–H groups in total. The number of benzene rings is 1. The van der Waals surface area contributed by atoms with Crippen LogP contribution in [-0.4, -0.2) is 25.2 Å². The van der Waals surface area contributed by atoms with Crippen LogP contribution in [-0.2, 0) is 9.53 Å². The Hall–Kier alpha value is -1.39. The molecule has 4 heteroatoms. The maximum absolute atomic E-state index is 12.0. The number of nitrogens with one attached hydrogen (secondary N) is 1. The Labute approximate surface area is 101 Å². The fraction of sp³-hybridized carbons (Fsp3) is 0.462. The van der Waals surface area contributed by atoms with Gasteiger partial charge in [0.1, 0.15) is 0 Å². The molecule has 0 aliphatic carbocycles. The maximum atomic E-state index is 12.0. The summed E-state index contributed by atoms with van der Waals surface area (Å²) in [7, 11) is 0. The Morgan fingerprint density at radius 1 is 1.41 bits per heavy atom. The van der Waals surface area contributed by atoms with Gasteiger partial charge in [0.05, 0.1) is 25.2 Å². The number of nitrogens with two attached hydrogens (primary N) is 1. The summed E-state index contributed by atoms with van der Waals surface area (Å²) in [5.74, 6) is -0.243. The molecule has 4 nitrogen and oxygen atoms in total. The Balaban J connectivity index is 1.95. The third-order valence-electron chi connectivity index (χ3n) is 3.12. The lowest BCUT2D eigenvalue weighted by Gasteiger charge is -2.18. The third-order valence-corrected chi connectivity index (χ3v) is 3.12. The molecule has 0 saturated carbocycles. The Morgan fingerprint density at radius 2 is 2.12 bits per heavy atom. The van der Waals surface area contributed by atoms with Gasteiger partial charge in [-0.1, -0.05) is 30.3 Å². The van der Waals surface area contributed by atoms with Gasteiger partial charge < -0.3 is 15.8 Å².